The van der Waals surface area contributed by atoms with Crippen molar-refractivity contribution in [3.8, 4) is 0 Å². The number of hydrogen-bond acceptors (Lipinski definition) is 5. The summed E-state index contributed by atoms with van der Waals surface area (Å²) in [7, 11) is 0. The third kappa shape index (κ3) is 8.01. The number of thioether (sulfide) groups is 1. The summed E-state index contributed by atoms with van der Waals surface area (Å²) in [5.74, 6) is -1.07. The van der Waals surface area contributed by atoms with Crippen LogP contribution in [0.1, 0.15) is 31.9 Å². The van der Waals surface area contributed by atoms with Crippen LogP contribution in [0.25, 0.3) is 0 Å². The molecule has 2 N–H and O–H groups in total. The van der Waals surface area contributed by atoms with E-state index in [2.05, 4.69) is 10.6 Å². The Morgan fingerprint density at radius 2 is 1.79 bits per heavy atom. The van der Waals surface area contributed by atoms with Crippen molar-refractivity contribution in [1.82, 2.24) is 10.6 Å². The molecule has 24 heavy (non-hydrogen) atoms. The van der Waals surface area contributed by atoms with Crippen molar-refractivity contribution in [3.05, 3.63) is 29.3 Å². The lowest BCUT2D eigenvalue weighted by Gasteiger charge is -2.20. The van der Waals surface area contributed by atoms with Gasteiger partial charge in [0.05, 0.1) is 5.75 Å². The summed E-state index contributed by atoms with van der Waals surface area (Å²) < 4.78 is 4.86. The van der Waals surface area contributed by atoms with E-state index >= 15 is 0 Å². The number of carbonyl (C=O) groups excluding carboxylic acids is 3. The summed E-state index contributed by atoms with van der Waals surface area (Å²) >= 11 is 1.34. The highest BCUT2D eigenvalue weighted by Crippen LogP contribution is 2.21. The van der Waals surface area contributed by atoms with Gasteiger partial charge in [-0.15, -0.1) is 11.8 Å². The molecule has 0 aromatic heterocycles. The molecule has 1 aromatic rings. The zero-order chi connectivity index (χ0) is 18.3. The van der Waals surface area contributed by atoms with Gasteiger partial charge in [0.25, 0.3) is 5.91 Å². The zero-order valence-corrected chi connectivity index (χ0v) is 15.5. The molecule has 132 valence electrons. The van der Waals surface area contributed by atoms with Crippen molar-refractivity contribution in [3.63, 3.8) is 0 Å². The van der Waals surface area contributed by atoms with Crippen molar-refractivity contribution in [2.45, 2.75) is 45.1 Å². The van der Waals surface area contributed by atoms with Crippen molar-refractivity contribution in [2.24, 2.45) is 0 Å². The second-order valence-corrected chi connectivity index (χ2v) is 7.50. The molecule has 1 aromatic carbocycles. The van der Waals surface area contributed by atoms with Crippen LogP contribution in [0.4, 0.5) is 4.79 Å². The largest absolute Gasteiger partial charge is 0.455 e. The van der Waals surface area contributed by atoms with Crippen molar-refractivity contribution < 1.29 is 19.1 Å². The Bertz CT molecular complexity index is 624. The van der Waals surface area contributed by atoms with Crippen LogP contribution in [0.15, 0.2) is 23.1 Å². The first kappa shape index (κ1) is 20.0. The van der Waals surface area contributed by atoms with Crippen LogP contribution in [0.3, 0.4) is 0 Å². The number of esters is 1. The van der Waals surface area contributed by atoms with Crippen LogP contribution < -0.4 is 10.6 Å². The van der Waals surface area contributed by atoms with Crippen LogP contribution >= 0.6 is 11.8 Å². The van der Waals surface area contributed by atoms with Gasteiger partial charge < -0.3 is 10.1 Å². The highest BCUT2D eigenvalue weighted by molar-refractivity contribution is 8.00. The molecule has 0 saturated heterocycles. The SMILES string of the molecule is Cc1ccc(SCC(=O)OCC(=O)NC(=O)NC(C)(C)C)cc1C. The summed E-state index contributed by atoms with van der Waals surface area (Å²) in [6.45, 7) is 8.92. The Morgan fingerprint density at radius 3 is 2.38 bits per heavy atom. The Balaban J connectivity index is 2.31. The maximum Gasteiger partial charge on any atom is 0.321 e. The monoisotopic (exact) mass is 352 g/mol. The number of nitrogens with one attached hydrogen (secondary N) is 2. The van der Waals surface area contributed by atoms with Crippen molar-refractivity contribution in [1.29, 1.82) is 0 Å². The minimum atomic E-state index is -0.665. The first-order valence-electron chi connectivity index (χ1n) is 7.54. The molecule has 0 fully saturated rings. The molecule has 0 unspecified atom stereocenters. The fourth-order valence-electron chi connectivity index (χ4n) is 1.67. The molecule has 7 heteroatoms. The first-order valence-corrected chi connectivity index (χ1v) is 8.53. The van der Waals surface area contributed by atoms with E-state index in [-0.39, 0.29) is 5.75 Å². The second kappa shape index (κ2) is 8.73. The number of hydrogen-bond donors (Lipinski definition) is 2. The van der Waals surface area contributed by atoms with Crippen LogP contribution in [-0.4, -0.2) is 35.8 Å². The molecule has 0 radical (unpaired) electrons. The lowest BCUT2D eigenvalue weighted by atomic mass is 10.1. The van der Waals surface area contributed by atoms with E-state index in [1.807, 2.05) is 32.0 Å². The second-order valence-electron chi connectivity index (χ2n) is 6.45. The van der Waals surface area contributed by atoms with E-state index in [0.717, 1.165) is 10.5 Å². The fraction of sp³-hybridized carbons (Fsp3) is 0.471. The average Bonchev–Trinajstić information content (AvgIpc) is 2.44. The van der Waals surface area contributed by atoms with Gasteiger partial charge in [0.2, 0.25) is 0 Å². The standard InChI is InChI=1S/C17H24N2O4S/c1-11-6-7-13(8-12(11)2)24-10-15(21)23-9-14(20)18-16(22)19-17(3,4)5/h6-8H,9-10H2,1-5H3,(H2,18,19,20,22). The predicted molar refractivity (Wildman–Crippen MR) is 94.0 cm³/mol. The minimum Gasteiger partial charge on any atom is -0.455 e. The molecule has 0 bridgehead atoms. The van der Waals surface area contributed by atoms with E-state index in [9.17, 15) is 14.4 Å². The number of ether oxygens (including phenoxy) is 1. The molecular weight excluding hydrogens is 328 g/mol. The van der Waals surface area contributed by atoms with Gasteiger partial charge in [-0.2, -0.15) is 0 Å². The molecule has 0 spiro atoms. The number of rotatable bonds is 5. The minimum absolute atomic E-state index is 0.101. The smallest absolute Gasteiger partial charge is 0.321 e. The van der Waals surface area contributed by atoms with E-state index in [1.165, 1.54) is 17.3 Å². The summed E-state index contributed by atoms with van der Waals surface area (Å²) in [4.78, 5) is 35.7. The van der Waals surface area contributed by atoms with Crippen molar-refractivity contribution in [2.75, 3.05) is 12.4 Å². The van der Waals surface area contributed by atoms with Gasteiger partial charge >= 0.3 is 12.0 Å². The molecule has 0 heterocycles. The van der Waals surface area contributed by atoms with Gasteiger partial charge in [-0.1, -0.05) is 6.07 Å². The van der Waals surface area contributed by atoms with Crippen LogP contribution in [0.2, 0.25) is 0 Å². The molecule has 6 nitrogen and oxygen atoms in total. The molecule has 1 rings (SSSR count). The third-order valence-electron chi connectivity index (χ3n) is 2.94. The number of imide groups is 1. The van der Waals surface area contributed by atoms with E-state index in [0.29, 0.717) is 0 Å². The highest BCUT2D eigenvalue weighted by Gasteiger charge is 2.16. The summed E-state index contributed by atoms with van der Waals surface area (Å²) in [5.41, 5.74) is 1.88. The molecule has 0 saturated carbocycles. The normalized spacial score (nSPS) is 10.9. The maximum atomic E-state index is 11.7. The summed E-state index contributed by atoms with van der Waals surface area (Å²) in [6.07, 6.45) is 0. The number of benzene rings is 1. The van der Waals surface area contributed by atoms with Crippen molar-refractivity contribution >= 4 is 29.7 Å². The number of amides is 3. The van der Waals surface area contributed by atoms with Crippen LogP contribution in [0.5, 0.6) is 0 Å². The quantitative estimate of drug-likeness (QED) is 0.628. The maximum absolute atomic E-state index is 11.7. The average molecular weight is 352 g/mol. The van der Waals surface area contributed by atoms with E-state index in [1.54, 1.807) is 20.8 Å². The number of carbonyl (C=O) groups is 3. The van der Waals surface area contributed by atoms with Crippen LogP contribution in [0, 0.1) is 13.8 Å². The van der Waals surface area contributed by atoms with E-state index in [4.69, 9.17) is 4.74 Å². The summed E-state index contributed by atoms with van der Waals surface area (Å²) in [6, 6.07) is 5.30. The van der Waals surface area contributed by atoms with E-state index < -0.39 is 30.1 Å². The predicted octanol–water partition coefficient (Wildman–Crippen LogP) is 2.56. The topological polar surface area (TPSA) is 84.5 Å². The van der Waals surface area contributed by atoms with Gasteiger partial charge in [0, 0.05) is 10.4 Å². The molecule has 0 atom stereocenters. The fourth-order valence-corrected chi connectivity index (χ4v) is 2.46. The Kier molecular flexibility index (Phi) is 7.28. The molecule has 0 aliphatic heterocycles. The third-order valence-corrected chi connectivity index (χ3v) is 3.91. The van der Waals surface area contributed by atoms with Crippen LogP contribution in [-0.2, 0) is 14.3 Å². The lowest BCUT2D eigenvalue weighted by Crippen LogP contribution is -2.49. The zero-order valence-electron chi connectivity index (χ0n) is 14.7. The molecular formula is C17H24N2O4S. The first-order chi connectivity index (χ1) is 11.1. The van der Waals surface area contributed by atoms with Gasteiger partial charge in [-0.25, -0.2) is 4.79 Å². The molecule has 3 amide bonds. The van der Waals surface area contributed by atoms with Gasteiger partial charge in [-0.3, -0.25) is 14.9 Å². The van der Waals surface area contributed by atoms with Gasteiger partial charge in [-0.05, 0) is 57.9 Å². The highest BCUT2D eigenvalue weighted by atomic mass is 32.2. The van der Waals surface area contributed by atoms with Gasteiger partial charge in [0.1, 0.15) is 0 Å². The number of aryl methyl sites for hydroxylation is 2. The lowest BCUT2D eigenvalue weighted by molar-refractivity contribution is -0.145. The van der Waals surface area contributed by atoms with Gasteiger partial charge in [0.15, 0.2) is 6.61 Å². The molecule has 0 aliphatic rings. The Labute approximate surface area is 146 Å². The molecule has 0 aliphatic carbocycles. The Morgan fingerprint density at radius 1 is 1.12 bits per heavy atom. The summed E-state index contributed by atoms with van der Waals surface area (Å²) in [5, 5.41) is 4.68. The number of urea groups is 1. The Hall–Kier alpha value is -2.02.